The fourth-order valence-electron chi connectivity index (χ4n) is 3.30. The van der Waals surface area contributed by atoms with Crippen LogP contribution >= 0.6 is 11.8 Å². The molecule has 92 valence electrons. The van der Waals surface area contributed by atoms with E-state index in [1.54, 1.807) is 0 Å². The first-order valence-electron chi connectivity index (χ1n) is 6.45. The van der Waals surface area contributed by atoms with Gasteiger partial charge in [0.05, 0.1) is 0 Å². The van der Waals surface area contributed by atoms with Crippen LogP contribution in [0.4, 0.5) is 0 Å². The maximum Gasteiger partial charge on any atom is 0.220 e. The molecule has 2 aliphatic heterocycles. The Morgan fingerprint density at radius 2 is 2.31 bits per heavy atom. The summed E-state index contributed by atoms with van der Waals surface area (Å²) in [7, 11) is 0. The third kappa shape index (κ3) is 2.11. The van der Waals surface area contributed by atoms with E-state index < -0.39 is 0 Å². The van der Waals surface area contributed by atoms with Crippen molar-refractivity contribution in [1.29, 1.82) is 0 Å². The first kappa shape index (κ1) is 12.3. The van der Waals surface area contributed by atoms with E-state index in [1.807, 2.05) is 0 Å². The van der Waals surface area contributed by atoms with Gasteiger partial charge < -0.3 is 5.32 Å². The van der Waals surface area contributed by atoms with E-state index in [1.165, 1.54) is 18.6 Å². The van der Waals surface area contributed by atoms with Crippen LogP contribution in [0.5, 0.6) is 0 Å². The van der Waals surface area contributed by atoms with Crippen LogP contribution in [-0.2, 0) is 4.79 Å². The SMILES string of the molecule is CC(C)CC1NC(=O)CC12CCCSC2C. The summed E-state index contributed by atoms with van der Waals surface area (Å²) in [5.41, 5.74) is 0.254. The van der Waals surface area contributed by atoms with Gasteiger partial charge in [0, 0.05) is 23.1 Å². The predicted octanol–water partition coefficient (Wildman–Crippen LogP) is 2.82. The summed E-state index contributed by atoms with van der Waals surface area (Å²) in [5.74, 6) is 2.21. The van der Waals surface area contributed by atoms with E-state index >= 15 is 0 Å². The van der Waals surface area contributed by atoms with Gasteiger partial charge in [-0.15, -0.1) is 0 Å². The third-order valence-electron chi connectivity index (χ3n) is 4.19. The van der Waals surface area contributed by atoms with Crippen molar-refractivity contribution in [2.24, 2.45) is 11.3 Å². The van der Waals surface area contributed by atoms with Gasteiger partial charge in [0.15, 0.2) is 0 Å². The van der Waals surface area contributed by atoms with Crippen molar-refractivity contribution in [3.05, 3.63) is 0 Å². The normalized spacial score (nSPS) is 39.4. The molecule has 0 bridgehead atoms. The fraction of sp³-hybridized carbons (Fsp3) is 0.923. The molecule has 2 saturated heterocycles. The minimum atomic E-state index is 0.254. The molecule has 16 heavy (non-hydrogen) atoms. The molecule has 1 N–H and O–H groups in total. The van der Waals surface area contributed by atoms with Crippen LogP contribution < -0.4 is 5.32 Å². The standard InChI is InChI=1S/C13H23NOS/c1-9(2)7-11-13(8-12(15)14-11)5-4-6-16-10(13)3/h9-11H,4-8H2,1-3H3,(H,14,15). The topological polar surface area (TPSA) is 29.1 Å². The Hall–Kier alpha value is -0.180. The van der Waals surface area contributed by atoms with Crippen molar-refractivity contribution >= 4 is 17.7 Å². The second-order valence-corrected chi connectivity index (χ2v) is 7.22. The number of thioether (sulfide) groups is 1. The second-order valence-electron chi connectivity index (χ2n) is 5.78. The van der Waals surface area contributed by atoms with Crippen LogP contribution in [0.15, 0.2) is 0 Å². The lowest BCUT2D eigenvalue weighted by Crippen LogP contribution is -2.45. The highest BCUT2D eigenvalue weighted by Crippen LogP contribution is 2.50. The van der Waals surface area contributed by atoms with Crippen molar-refractivity contribution in [3.8, 4) is 0 Å². The van der Waals surface area contributed by atoms with Gasteiger partial charge in [0.2, 0.25) is 5.91 Å². The molecule has 2 rings (SSSR count). The maximum atomic E-state index is 11.7. The van der Waals surface area contributed by atoms with Crippen LogP contribution in [0, 0.1) is 11.3 Å². The molecule has 2 heterocycles. The summed E-state index contributed by atoms with van der Waals surface area (Å²) in [6, 6.07) is 0.419. The zero-order valence-electron chi connectivity index (χ0n) is 10.6. The van der Waals surface area contributed by atoms with Crippen molar-refractivity contribution in [1.82, 2.24) is 5.32 Å². The summed E-state index contributed by atoms with van der Waals surface area (Å²) >= 11 is 2.05. The molecular weight excluding hydrogens is 218 g/mol. The minimum absolute atomic E-state index is 0.254. The number of carbonyl (C=O) groups is 1. The lowest BCUT2D eigenvalue weighted by molar-refractivity contribution is -0.119. The number of hydrogen-bond donors (Lipinski definition) is 1. The Morgan fingerprint density at radius 3 is 2.94 bits per heavy atom. The summed E-state index contributed by atoms with van der Waals surface area (Å²) in [4.78, 5) is 11.7. The lowest BCUT2D eigenvalue weighted by atomic mass is 9.71. The first-order chi connectivity index (χ1) is 7.54. The Balaban J connectivity index is 2.18. The highest BCUT2D eigenvalue weighted by atomic mass is 32.2. The highest BCUT2D eigenvalue weighted by Gasteiger charge is 2.51. The van der Waals surface area contributed by atoms with E-state index in [-0.39, 0.29) is 11.3 Å². The zero-order valence-corrected chi connectivity index (χ0v) is 11.4. The molecule has 2 aliphatic rings. The molecule has 2 nitrogen and oxygen atoms in total. The molecule has 0 aromatic carbocycles. The van der Waals surface area contributed by atoms with Crippen LogP contribution in [-0.4, -0.2) is 23.0 Å². The first-order valence-corrected chi connectivity index (χ1v) is 7.50. The molecule has 0 aliphatic carbocycles. The van der Waals surface area contributed by atoms with E-state index in [9.17, 15) is 4.79 Å². The largest absolute Gasteiger partial charge is 0.353 e. The number of nitrogens with one attached hydrogen (secondary N) is 1. The van der Waals surface area contributed by atoms with Crippen molar-refractivity contribution in [2.75, 3.05) is 5.75 Å². The molecule has 1 spiro atoms. The van der Waals surface area contributed by atoms with Crippen molar-refractivity contribution < 1.29 is 4.79 Å². The number of carbonyl (C=O) groups excluding carboxylic acids is 1. The average Bonchev–Trinajstić information content (AvgIpc) is 2.48. The van der Waals surface area contributed by atoms with Crippen LogP contribution in [0.1, 0.15) is 46.5 Å². The summed E-state index contributed by atoms with van der Waals surface area (Å²) < 4.78 is 0. The molecule has 0 saturated carbocycles. The number of amides is 1. The summed E-state index contributed by atoms with van der Waals surface area (Å²) in [5, 5.41) is 3.85. The Kier molecular flexibility index (Phi) is 3.53. The van der Waals surface area contributed by atoms with Gasteiger partial charge in [0.25, 0.3) is 0 Å². The van der Waals surface area contributed by atoms with Gasteiger partial charge in [-0.2, -0.15) is 11.8 Å². The smallest absolute Gasteiger partial charge is 0.220 e. The van der Waals surface area contributed by atoms with Crippen molar-refractivity contribution in [2.45, 2.75) is 57.7 Å². The summed E-state index contributed by atoms with van der Waals surface area (Å²) in [6.45, 7) is 6.81. The predicted molar refractivity (Wildman–Crippen MR) is 69.6 cm³/mol. The average molecular weight is 241 g/mol. The molecular formula is C13H23NOS. The Morgan fingerprint density at radius 1 is 1.56 bits per heavy atom. The monoisotopic (exact) mass is 241 g/mol. The van der Waals surface area contributed by atoms with Crippen LogP contribution in [0.3, 0.4) is 0 Å². The minimum Gasteiger partial charge on any atom is -0.353 e. The number of rotatable bonds is 2. The van der Waals surface area contributed by atoms with Gasteiger partial charge in [0.1, 0.15) is 0 Å². The van der Waals surface area contributed by atoms with E-state index in [0.29, 0.717) is 17.2 Å². The zero-order chi connectivity index (χ0) is 11.8. The molecule has 0 radical (unpaired) electrons. The quantitative estimate of drug-likeness (QED) is 0.805. The number of hydrogen-bond acceptors (Lipinski definition) is 2. The molecule has 0 aromatic heterocycles. The van der Waals surface area contributed by atoms with Gasteiger partial charge >= 0.3 is 0 Å². The van der Waals surface area contributed by atoms with Gasteiger partial charge in [-0.1, -0.05) is 20.8 Å². The molecule has 1 amide bonds. The molecule has 3 heteroatoms. The lowest BCUT2D eigenvalue weighted by Gasteiger charge is -2.43. The fourth-order valence-corrected chi connectivity index (χ4v) is 4.66. The summed E-state index contributed by atoms with van der Waals surface area (Å²) in [6.07, 6.45) is 4.41. The third-order valence-corrected chi connectivity index (χ3v) is 5.68. The van der Waals surface area contributed by atoms with Gasteiger partial charge in [-0.05, 0) is 30.9 Å². The molecule has 3 atom stereocenters. The van der Waals surface area contributed by atoms with Gasteiger partial charge in [-0.25, -0.2) is 0 Å². The van der Waals surface area contributed by atoms with E-state index in [4.69, 9.17) is 0 Å². The van der Waals surface area contributed by atoms with E-state index in [2.05, 4.69) is 37.8 Å². The van der Waals surface area contributed by atoms with Crippen LogP contribution in [0.25, 0.3) is 0 Å². The van der Waals surface area contributed by atoms with Crippen molar-refractivity contribution in [3.63, 3.8) is 0 Å². The highest BCUT2D eigenvalue weighted by molar-refractivity contribution is 7.99. The Bertz CT molecular complexity index is 279. The maximum absolute atomic E-state index is 11.7. The molecule has 0 aromatic rings. The van der Waals surface area contributed by atoms with E-state index in [0.717, 1.165) is 12.8 Å². The molecule has 2 fully saturated rings. The van der Waals surface area contributed by atoms with Crippen LogP contribution in [0.2, 0.25) is 0 Å². The second kappa shape index (κ2) is 4.59. The van der Waals surface area contributed by atoms with Gasteiger partial charge in [-0.3, -0.25) is 4.79 Å². The molecule has 3 unspecified atom stereocenters. The Labute approximate surface area is 103 Å².